The number of amides is 1. The van der Waals surface area contributed by atoms with E-state index in [2.05, 4.69) is 15.5 Å². The quantitative estimate of drug-likeness (QED) is 0.443. The van der Waals surface area contributed by atoms with Crippen LogP contribution in [-0.2, 0) is 0 Å². The summed E-state index contributed by atoms with van der Waals surface area (Å²) in [4.78, 5) is 16.6. The molecule has 3 aromatic heterocycles. The van der Waals surface area contributed by atoms with Gasteiger partial charge in [-0.25, -0.2) is 10.4 Å². The van der Waals surface area contributed by atoms with Crippen molar-refractivity contribution in [2.24, 2.45) is 5.10 Å². The van der Waals surface area contributed by atoms with E-state index in [9.17, 15) is 4.79 Å². The molecule has 0 aliphatic heterocycles. The van der Waals surface area contributed by atoms with Gasteiger partial charge in [0.2, 0.25) is 0 Å². The molecular formula is C21H18N4O2. The van der Waals surface area contributed by atoms with Gasteiger partial charge in [-0.05, 0) is 44.2 Å². The number of furan rings is 1. The topological polar surface area (TPSA) is 72.4 Å². The molecule has 134 valence electrons. The molecule has 1 N–H and O–H groups in total. The number of nitrogens with one attached hydrogen (secondary N) is 1. The molecule has 0 radical (unpaired) electrons. The van der Waals surface area contributed by atoms with Crippen LogP contribution in [0.1, 0.15) is 27.5 Å². The highest BCUT2D eigenvalue weighted by molar-refractivity contribution is 5.96. The zero-order chi connectivity index (χ0) is 18.8. The summed E-state index contributed by atoms with van der Waals surface area (Å²) in [6.07, 6.45) is 3.39. The van der Waals surface area contributed by atoms with Crippen LogP contribution in [0, 0.1) is 13.8 Å². The van der Waals surface area contributed by atoms with Crippen molar-refractivity contribution >= 4 is 23.1 Å². The molecule has 0 unspecified atom stereocenters. The summed E-state index contributed by atoms with van der Waals surface area (Å²) in [5.41, 5.74) is 6.13. The molecular weight excluding hydrogens is 340 g/mol. The number of aromatic nitrogens is 2. The highest BCUT2D eigenvalue weighted by Gasteiger charge is 2.12. The second-order valence-electron chi connectivity index (χ2n) is 6.20. The van der Waals surface area contributed by atoms with Crippen molar-refractivity contribution in [3.05, 3.63) is 83.5 Å². The number of carbonyl (C=O) groups is 1. The third-order valence-corrected chi connectivity index (χ3v) is 4.37. The van der Waals surface area contributed by atoms with Crippen LogP contribution in [0.4, 0.5) is 0 Å². The molecule has 0 aliphatic rings. The minimum Gasteiger partial charge on any atom is -0.451 e. The lowest BCUT2D eigenvalue weighted by atomic mass is 10.2. The highest BCUT2D eigenvalue weighted by Crippen LogP contribution is 2.19. The van der Waals surface area contributed by atoms with Gasteiger partial charge >= 0.3 is 5.91 Å². The lowest BCUT2D eigenvalue weighted by molar-refractivity contribution is 0.0929. The maximum Gasteiger partial charge on any atom is 0.307 e. The molecule has 0 fully saturated rings. The van der Waals surface area contributed by atoms with E-state index in [0.29, 0.717) is 5.58 Å². The first-order valence-electron chi connectivity index (χ1n) is 8.56. The Kier molecular flexibility index (Phi) is 4.30. The van der Waals surface area contributed by atoms with Gasteiger partial charge in [0.05, 0.1) is 6.21 Å². The number of hydrogen-bond acceptors (Lipinski definition) is 4. The first-order chi connectivity index (χ1) is 13.1. The number of fused-ring (bicyclic) bond motifs is 1. The zero-order valence-electron chi connectivity index (χ0n) is 15.0. The Hall–Kier alpha value is -3.67. The summed E-state index contributed by atoms with van der Waals surface area (Å²) in [5, 5.41) is 4.96. The third kappa shape index (κ3) is 3.25. The molecule has 6 nitrogen and oxygen atoms in total. The summed E-state index contributed by atoms with van der Waals surface area (Å²) < 4.78 is 7.58. The van der Waals surface area contributed by atoms with E-state index in [1.807, 2.05) is 66.9 Å². The van der Waals surface area contributed by atoms with Gasteiger partial charge in [-0.3, -0.25) is 4.79 Å². The van der Waals surface area contributed by atoms with E-state index < -0.39 is 0 Å². The minimum atomic E-state index is -0.388. The van der Waals surface area contributed by atoms with E-state index in [-0.39, 0.29) is 11.7 Å². The number of para-hydroxylation sites is 1. The van der Waals surface area contributed by atoms with Gasteiger partial charge in [0.1, 0.15) is 11.4 Å². The Morgan fingerprint density at radius 3 is 2.74 bits per heavy atom. The smallest absolute Gasteiger partial charge is 0.307 e. The minimum absolute atomic E-state index is 0.229. The number of rotatable bonds is 4. The maximum absolute atomic E-state index is 12.2. The van der Waals surface area contributed by atoms with Crippen LogP contribution in [0.15, 0.2) is 70.3 Å². The van der Waals surface area contributed by atoms with E-state index in [1.165, 1.54) is 0 Å². The molecule has 1 aromatic carbocycles. The third-order valence-electron chi connectivity index (χ3n) is 4.37. The standard InChI is InChI=1S/C21H18N4O2/c1-14-11-17(15(2)25(14)20-9-5-6-10-22-20)13-23-24-21(26)19-12-16-7-3-4-8-18(16)27-19/h3-13H,1-2H3,(H,24,26)/b23-13-. The second-order valence-corrected chi connectivity index (χ2v) is 6.20. The lowest BCUT2D eigenvalue weighted by Gasteiger charge is -2.07. The molecule has 4 rings (SSSR count). The fourth-order valence-electron chi connectivity index (χ4n) is 3.07. The average Bonchev–Trinajstić information content (AvgIpc) is 3.23. The molecule has 3 heterocycles. The van der Waals surface area contributed by atoms with E-state index in [4.69, 9.17) is 4.42 Å². The number of hydrogen-bond donors (Lipinski definition) is 1. The van der Waals surface area contributed by atoms with E-state index >= 15 is 0 Å². The van der Waals surface area contributed by atoms with Gasteiger partial charge in [0.25, 0.3) is 0 Å². The average molecular weight is 358 g/mol. The van der Waals surface area contributed by atoms with Crippen LogP contribution in [0.5, 0.6) is 0 Å². The van der Waals surface area contributed by atoms with Gasteiger partial charge in [-0.1, -0.05) is 24.3 Å². The van der Waals surface area contributed by atoms with Crippen molar-refractivity contribution in [2.75, 3.05) is 0 Å². The number of pyridine rings is 1. The van der Waals surface area contributed by atoms with Crippen molar-refractivity contribution in [2.45, 2.75) is 13.8 Å². The molecule has 27 heavy (non-hydrogen) atoms. The van der Waals surface area contributed by atoms with Gasteiger partial charge in [-0.2, -0.15) is 5.10 Å². The number of benzene rings is 1. The highest BCUT2D eigenvalue weighted by atomic mass is 16.3. The Morgan fingerprint density at radius 1 is 1.15 bits per heavy atom. The van der Waals surface area contributed by atoms with Gasteiger partial charge in [-0.15, -0.1) is 0 Å². The molecule has 0 saturated heterocycles. The normalized spacial score (nSPS) is 11.3. The lowest BCUT2D eigenvalue weighted by Crippen LogP contribution is -2.16. The van der Waals surface area contributed by atoms with Gasteiger partial charge < -0.3 is 8.98 Å². The summed E-state index contributed by atoms with van der Waals surface area (Å²) in [6, 6.07) is 17.0. The van der Waals surface area contributed by atoms with Crippen LogP contribution in [-0.4, -0.2) is 21.7 Å². The van der Waals surface area contributed by atoms with Crippen molar-refractivity contribution < 1.29 is 9.21 Å². The first-order valence-corrected chi connectivity index (χ1v) is 8.56. The molecule has 6 heteroatoms. The number of hydrazone groups is 1. The molecule has 0 atom stereocenters. The predicted molar refractivity (Wildman–Crippen MR) is 104 cm³/mol. The predicted octanol–water partition coefficient (Wildman–Crippen LogP) is 4.00. The summed E-state index contributed by atoms with van der Waals surface area (Å²) in [6.45, 7) is 4.00. The SMILES string of the molecule is Cc1cc(/C=N\NC(=O)c2cc3ccccc3o2)c(C)n1-c1ccccn1. The largest absolute Gasteiger partial charge is 0.451 e. The maximum atomic E-state index is 12.2. The van der Waals surface area contributed by atoms with Crippen LogP contribution in [0.3, 0.4) is 0 Å². The van der Waals surface area contributed by atoms with Gasteiger partial charge in [0, 0.05) is 28.5 Å². The Morgan fingerprint density at radius 2 is 1.96 bits per heavy atom. The summed E-state index contributed by atoms with van der Waals surface area (Å²) in [5.74, 6) is 0.687. The molecule has 0 bridgehead atoms. The Balaban J connectivity index is 1.52. The van der Waals surface area contributed by atoms with E-state index in [0.717, 1.165) is 28.2 Å². The second kappa shape index (κ2) is 6.92. The van der Waals surface area contributed by atoms with Crippen LogP contribution < -0.4 is 5.43 Å². The molecule has 0 saturated carbocycles. The zero-order valence-corrected chi connectivity index (χ0v) is 15.0. The number of nitrogens with zero attached hydrogens (tertiary/aromatic N) is 3. The van der Waals surface area contributed by atoms with Crippen molar-refractivity contribution in [3.8, 4) is 5.82 Å². The monoisotopic (exact) mass is 358 g/mol. The molecule has 0 aliphatic carbocycles. The van der Waals surface area contributed by atoms with Crippen LogP contribution in [0.25, 0.3) is 16.8 Å². The summed E-state index contributed by atoms with van der Waals surface area (Å²) in [7, 11) is 0. The Labute approximate surface area is 156 Å². The van der Waals surface area contributed by atoms with Crippen molar-refractivity contribution in [3.63, 3.8) is 0 Å². The fourth-order valence-corrected chi connectivity index (χ4v) is 3.07. The van der Waals surface area contributed by atoms with Crippen molar-refractivity contribution in [1.29, 1.82) is 0 Å². The molecule has 0 spiro atoms. The van der Waals surface area contributed by atoms with Crippen LogP contribution in [0.2, 0.25) is 0 Å². The van der Waals surface area contributed by atoms with Crippen molar-refractivity contribution in [1.82, 2.24) is 15.0 Å². The first kappa shape index (κ1) is 16.8. The molecule has 4 aromatic rings. The fraction of sp³-hybridized carbons (Fsp3) is 0.0952. The van der Waals surface area contributed by atoms with E-state index in [1.54, 1.807) is 18.5 Å². The number of carbonyl (C=O) groups excluding carboxylic acids is 1. The van der Waals surface area contributed by atoms with Gasteiger partial charge in [0.15, 0.2) is 5.76 Å². The molecule has 1 amide bonds. The van der Waals surface area contributed by atoms with Crippen LogP contribution >= 0.6 is 0 Å². The summed E-state index contributed by atoms with van der Waals surface area (Å²) >= 11 is 0. The Bertz CT molecular complexity index is 1110. The number of aryl methyl sites for hydroxylation is 1.